The van der Waals surface area contributed by atoms with Crippen LogP contribution >= 0.6 is 11.6 Å². The van der Waals surface area contributed by atoms with Crippen LogP contribution in [0.25, 0.3) is 5.57 Å². The average Bonchev–Trinajstić information content (AvgIpc) is 2.84. The van der Waals surface area contributed by atoms with Gasteiger partial charge in [0.05, 0.1) is 5.69 Å². The summed E-state index contributed by atoms with van der Waals surface area (Å²) in [5.74, 6) is 0. The van der Waals surface area contributed by atoms with E-state index < -0.39 is 6.41 Å². The van der Waals surface area contributed by atoms with Gasteiger partial charge in [-0.25, -0.2) is 0 Å². The van der Waals surface area contributed by atoms with Gasteiger partial charge < -0.3 is 9.84 Å². The molecule has 2 heterocycles. The van der Waals surface area contributed by atoms with Gasteiger partial charge in [0, 0.05) is 37.0 Å². The van der Waals surface area contributed by atoms with Crippen LogP contribution in [0.4, 0.5) is 0 Å². The van der Waals surface area contributed by atoms with Crippen molar-refractivity contribution in [3.63, 3.8) is 0 Å². The molecule has 4 nitrogen and oxygen atoms in total. The third-order valence-electron chi connectivity index (χ3n) is 5.41. The number of hydrogen-bond donors (Lipinski definition) is 1. The molecule has 1 aliphatic heterocycles. The van der Waals surface area contributed by atoms with E-state index in [2.05, 4.69) is 18.2 Å². The molecule has 1 aromatic heterocycles. The van der Waals surface area contributed by atoms with Crippen LogP contribution in [0, 0.1) is 0 Å². The van der Waals surface area contributed by atoms with E-state index in [9.17, 15) is 5.11 Å². The largest absolute Gasteiger partial charge is 0.356 e. The SMILES string of the molecule is COC(O)N1CCC(=C2c3ccc(Cl)cc3CCc3cccnc32)CC1. The highest BCUT2D eigenvalue weighted by Gasteiger charge is 2.26. The summed E-state index contributed by atoms with van der Waals surface area (Å²) in [5.41, 5.74) is 7.59. The fraction of sp³-hybridized carbons (Fsp3) is 0.381. The Balaban J connectivity index is 1.80. The van der Waals surface area contributed by atoms with Crippen LogP contribution in [0.5, 0.6) is 0 Å². The second kappa shape index (κ2) is 7.49. The Labute approximate surface area is 159 Å². The molecule has 2 aromatic rings. The second-order valence-electron chi connectivity index (χ2n) is 6.89. The number of pyridine rings is 1. The monoisotopic (exact) mass is 370 g/mol. The summed E-state index contributed by atoms with van der Waals surface area (Å²) < 4.78 is 5.05. The van der Waals surface area contributed by atoms with Gasteiger partial charge in [-0.05, 0) is 60.6 Å². The first-order valence-electron chi connectivity index (χ1n) is 9.07. The van der Waals surface area contributed by atoms with Crippen molar-refractivity contribution in [3.8, 4) is 0 Å². The van der Waals surface area contributed by atoms with Crippen molar-refractivity contribution in [3.05, 3.63) is 69.5 Å². The first-order valence-corrected chi connectivity index (χ1v) is 9.45. The summed E-state index contributed by atoms with van der Waals surface area (Å²) in [4.78, 5) is 6.71. The smallest absolute Gasteiger partial charge is 0.215 e. The maximum Gasteiger partial charge on any atom is 0.215 e. The minimum absolute atomic E-state index is 0.777. The predicted molar refractivity (Wildman–Crippen MR) is 103 cm³/mol. The number of methoxy groups -OCH3 is 1. The van der Waals surface area contributed by atoms with Crippen molar-refractivity contribution >= 4 is 17.2 Å². The van der Waals surface area contributed by atoms with Crippen molar-refractivity contribution in [1.82, 2.24) is 9.88 Å². The maximum atomic E-state index is 9.93. The Kier molecular flexibility index (Phi) is 5.09. The first kappa shape index (κ1) is 17.7. The number of aliphatic hydroxyl groups excluding tert-OH is 1. The fourth-order valence-corrected chi connectivity index (χ4v) is 4.24. The minimum atomic E-state index is -0.827. The number of ether oxygens (including phenoxy) is 1. The zero-order valence-corrected chi connectivity index (χ0v) is 15.7. The second-order valence-corrected chi connectivity index (χ2v) is 7.33. The van der Waals surface area contributed by atoms with Crippen molar-refractivity contribution in [1.29, 1.82) is 0 Å². The molecule has 26 heavy (non-hydrogen) atoms. The molecule has 1 aromatic carbocycles. The summed E-state index contributed by atoms with van der Waals surface area (Å²) >= 11 is 6.26. The van der Waals surface area contributed by atoms with Crippen LogP contribution in [0.3, 0.4) is 0 Å². The van der Waals surface area contributed by atoms with Crippen LogP contribution in [0.1, 0.15) is 35.2 Å². The van der Waals surface area contributed by atoms with Crippen LogP contribution in [0.2, 0.25) is 5.02 Å². The van der Waals surface area contributed by atoms with Gasteiger partial charge >= 0.3 is 0 Å². The quantitative estimate of drug-likeness (QED) is 0.819. The van der Waals surface area contributed by atoms with Gasteiger partial charge in [-0.2, -0.15) is 0 Å². The van der Waals surface area contributed by atoms with Gasteiger partial charge in [0.15, 0.2) is 0 Å². The summed E-state index contributed by atoms with van der Waals surface area (Å²) in [6.07, 6.45) is 4.79. The molecule has 1 aliphatic carbocycles. The Morgan fingerprint density at radius 2 is 1.88 bits per heavy atom. The van der Waals surface area contributed by atoms with Gasteiger partial charge in [0.1, 0.15) is 0 Å². The Hall–Kier alpha value is -1.72. The van der Waals surface area contributed by atoms with Crippen LogP contribution < -0.4 is 0 Å². The standard InChI is InChI=1S/C21H23ClN2O2/c1-26-21(25)24-11-8-14(9-12-24)19-18-7-6-17(22)13-16(18)5-4-15-3-2-10-23-20(15)19/h2-3,6-7,10,13,21,25H,4-5,8-9,11-12H2,1H3. The number of hydrogen-bond acceptors (Lipinski definition) is 4. The number of fused-ring (bicyclic) bond motifs is 2. The molecule has 0 spiro atoms. The van der Waals surface area contributed by atoms with E-state index in [0.29, 0.717) is 0 Å². The summed E-state index contributed by atoms with van der Waals surface area (Å²) in [5, 5.41) is 10.7. The number of aliphatic hydroxyl groups is 1. The summed E-state index contributed by atoms with van der Waals surface area (Å²) in [6, 6.07) is 10.4. The van der Waals surface area contributed by atoms with Gasteiger partial charge in [-0.3, -0.25) is 9.88 Å². The highest BCUT2D eigenvalue weighted by molar-refractivity contribution is 6.30. The average molecular weight is 371 g/mol. The molecule has 1 saturated heterocycles. The summed E-state index contributed by atoms with van der Waals surface area (Å²) in [7, 11) is 1.53. The number of likely N-dealkylation sites (tertiary alicyclic amines) is 1. The highest BCUT2D eigenvalue weighted by atomic mass is 35.5. The number of rotatable bonds is 2. The lowest BCUT2D eigenvalue weighted by Crippen LogP contribution is -2.40. The summed E-state index contributed by atoms with van der Waals surface area (Å²) in [6.45, 7) is 1.55. The molecule has 136 valence electrons. The normalized spacial score (nSPS) is 18.9. The minimum Gasteiger partial charge on any atom is -0.356 e. The number of benzene rings is 1. The topological polar surface area (TPSA) is 45.6 Å². The number of halogens is 1. The van der Waals surface area contributed by atoms with Crippen LogP contribution in [-0.4, -0.2) is 41.6 Å². The molecule has 1 atom stereocenters. The van der Waals surface area contributed by atoms with E-state index in [1.807, 2.05) is 23.2 Å². The Morgan fingerprint density at radius 3 is 2.65 bits per heavy atom. The molecular formula is C21H23ClN2O2. The zero-order valence-electron chi connectivity index (χ0n) is 14.9. The van der Waals surface area contributed by atoms with E-state index >= 15 is 0 Å². The van der Waals surface area contributed by atoms with Crippen molar-refractivity contribution in [2.24, 2.45) is 0 Å². The Morgan fingerprint density at radius 1 is 1.12 bits per heavy atom. The van der Waals surface area contributed by atoms with Crippen LogP contribution in [0.15, 0.2) is 42.1 Å². The van der Waals surface area contributed by atoms with Crippen LogP contribution in [-0.2, 0) is 17.6 Å². The van der Waals surface area contributed by atoms with Gasteiger partial charge in [0.2, 0.25) is 6.41 Å². The van der Waals surface area contributed by atoms with Gasteiger partial charge in [0.25, 0.3) is 0 Å². The van der Waals surface area contributed by atoms with Crippen molar-refractivity contribution in [2.45, 2.75) is 32.1 Å². The van der Waals surface area contributed by atoms with E-state index in [-0.39, 0.29) is 0 Å². The lowest BCUT2D eigenvalue weighted by molar-refractivity contribution is -0.178. The molecule has 0 saturated carbocycles. The molecular weight excluding hydrogens is 348 g/mol. The van der Waals surface area contributed by atoms with E-state index in [1.165, 1.54) is 34.9 Å². The maximum absolute atomic E-state index is 9.93. The third-order valence-corrected chi connectivity index (χ3v) is 5.64. The molecule has 1 fully saturated rings. The predicted octanol–water partition coefficient (Wildman–Crippen LogP) is 3.65. The molecule has 4 rings (SSSR count). The first-order chi connectivity index (χ1) is 12.7. The number of aromatic nitrogens is 1. The van der Waals surface area contributed by atoms with Crippen molar-refractivity contribution in [2.75, 3.05) is 20.2 Å². The van der Waals surface area contributed by atoms with Crippen molar-refractivity contribution < 1.29 is 9.84 Å². The Bertz CT molecular complexity index is 840. The zero-order chi connectivity index (χ0) is 18.1. The molecule has 2 aliphatic rings. The molecule has 1 N–H and O–H groups in total. The molecule has 5 heteroatoms. The number of nitrogens with zero attached hydrogens (tertiary/aromatic N) is 2. The lowest BCUT2D eigenvalue weighted by atomic mass is 9.88. The molecule has 1 unspecified atom stereocenters. The van der Waals surface area contributed by atoms with E-state index in [1.54, 1.807) is 0 Å². The third kappa shape index (κ3) is 3.30. The van der Waals surface area contributed by atoms with Gasteiger partial charge in [-0.1, -0.05) is 29.3 Å². The fourth-order valence-electron chi connectivity index (χ4n) is 4.05. The lowest BCUT2D eigenvalue weighted by Gasteiger charge is -2.32. The van der Waals surface area contributed by atoms with Gasteiger partial charge in [-0.15, -0.1) is 0 Å². The number of piperidine rings is 1. The molecule has 0 amide bonds. The highest BCUT2D eigenvalue weighted by Crippen LogP contribution is 2.38. The number of aryl methyl sites for hydroxylation is 2. The van der Waals surface area contributed by atoms with E-state index in [4.69, 9.17) is 21.3 Å². The van der Waals surface area contributed by atoms with E-state index in [0.717, 1.165) is 49.5 Å². The molecule has 0 radical (unpaired) electrons. The molecule has 0 bridgehead atoms.